The van der Waals surface area contributed by atoms with Crippen LogP contribution in [0.3, 0.4) is 0 Å². The van der Waals surface area contributed by atoms with E-state index in [2.05, 4.69) is 149 Å². The van der Waals surface area contributed by atoms with Gasteiger partial charge in [-0.15, -0.1) is 0 Å². The molecule has 13 rings (SSSR count). The number of allylic oxidation sites excluding steroid dienone is 4. The van der Waals surface area contributed by atoms with Crippen LogP contribution in [0.25, 0.3) is 55.0 Å². The molecule has 1 aliphatic carbocycles. The highest BCUT2D eigenvalue weighted by atomic mass is 32.2. The number of nitrogens with zero attached hydrogens (tertiary/aromatic N) is 2. The highest BCUT2D eigenvalue weighted by Gasteiger charge is 2.51. The van der Waals surface area contributed by atoms with Gasteiger partial charge in [0, 0.05) is 48.0 Å². The highest BCUT2D eigenvalue weighted by Crippen LogP contribution is 2.63. The van der Waals surface area contributed by atoms with Gasteiger partial charge in [-0.05, 0) is 82.5 Å². The normalized spacial score (nSPS) is 16.8. The van der Waals surface area contributed by atoms with Crippen molar-refractivity contribution in [1.29, 1.82) is 0 Å². The maximum atomic E-state index is 15.4. The van der Waals surface area contributed by atoms with Crippen molar-refractivity contribution in [1.82, 2.24) is 9.13 Å². The summed E-state index contributed by atoms with van der Waals surface area (Å²) in [6.07, 6.45) is 6.85. The number of fused-ring (bicyclic) bond motifs is 14. The summed E-state index contributed by atoms with van der Waals surface area (Å²) in [7, 11) is -3.15. The second-order valence-corrected chi connectivity index (χ2v) is 20.1. The van der Waals surface area contributed by atoms with Crippen molar-refractivity contribution in [2.75, 3.05) is 0 Å². The Kier molecular flexibility index (Phi) is 7.27. The smallest absolute Gasteiger partial charge is 0.171 e. The molecule has 3 nitrogen and oxygen atoms in total. The molecule has 8 aromatic carbocycles. The molecule has 3 aliphatic rings. The van der Waals surface area contributed by atoms with E-state index in [0.717, 1.165) is 40.0 Å². The van der Waals surface area contributed by atoms with Gasteiger partial charge in [-0.25, -0.2) is 0 Å². The summed E-state index contributed by atoms with van der Waals surface area (Å²) in [6, 6.07) is 67.1. The average Bonchev–Trinajstić information content (AvgIpc) is 3.85. The summed E-state index contributed by atoms with van der Waals surface area (Å²) in [4.78, 5) is 2.74. The van der Waals surface area contributed by atoms with Crippen molar-refractivity contribution in [3.05, 3.63) is 227 Å². The van der Waals surface area contributed by atoms with Gasteiger partial charge in [-0.2, -0.15) is 0 Å². The van der Waals surface area contributed by atoms with E-state index < -0.39 is 12.6 Å². The quantitative estimate of drug-likeness (QED) is 0.166. The van der Waals surface area contributed by atoms with E-state index in [1.54, 1.807) is 0 Å². The molecular weight excluding hydrogens is 768 g/mol. The van der Waals surface area contributed by atoms with Crippen LogP contribution >= 0.6 is 18.9 Å². The van der Waals surface area contributed by atoms with Gasteiger partial charge in [0.25, 0.3) is 0 Å². The molecule has 2 aromatic heterocycles. The molecule has 1 atom stereocenters. The first kappa shape index (κ1) is 34.3. The third kappa shape index (κ3) is 4.40. The van der Waals surface area contributed by atoms with Crippen molar-refractivity contribution in [3.8, 4) is 11.4 Å². The Labute approximate surface area is 352 Å². The van der Waals surface area contributed by atoms with Crippen LogP contribution < -0.4 is 15.9 Å². The molecule has 0 radical (unpaired) electrons. The lowest BCUT2D eigenvalue weighted by atomic mass is 9.61. The molecule has 1 unspecified atom stereocenters. The van der Waals surface area contributed by atoms with Gasteiger partial charge in [0.2, 0.25) is 0 Å². The largest absolute Gasteiger partial charge is 0.309 e. The van der Waals surface area contributed by atoms with Gasteiger partial charge in [-0.3, -0.25) is 0 Å². The molecule has 60 heavy (non-hydrogen) atoms. The SMILES string of the molecule is O=P(c1ccccc1)(c1ccccc1)c1ccc(-n2c3ccccc3c3ccc4c(c32)SC2=C(C=CCC2)C42c3ccccc3-n3c4ccccc4c4cccc2c43)cc1. The van der Waals surface area contributed by atoms with Crippen LogP contribution in [0.4, 0.5) is 0 Å². The molecule has 0 saturated carbocycles. The Morgan fingerprint density at radius 1 is 0.483 bits per heavy atom. The van der Waals surface area contributed by atoms with Crippen molar-refractivity contribution < 1.29 is 4.57 Å². The minimum atomic E-state index is -3.15. The van der Waals surface area contributed by atoms with Crippen LogP contribution in [0.1, 0.15) is 29.5 Å². The zero-order valence-corrected chi connectivity index (χ0v) is 34.3. The Bertz CT molecular complexity index is 3500. The number of para-hydroxylation sites is 4. The summed E-state index contributed by atoms with van der Waals surface area (Å²) in [5.74, 6) is 0. The Balaban J connectivity index is 1.11. The van der Waals surface area contributed by atoms with E-state index in [1.807, 2.05) is 72.4 Å². The second kappa shape index (κ2) is 12.7. The van der Waals surface area contributed by atoms with Gasteiger partial charge < -0.3 is 13.7 Å². The van der Waals surface area contributed by atoms with Crippen LogP contribution in [0.5, 0.6) is 0 Å². The average molecular weight is 805 g/mol. The lowest BCUT2D eigenvalue weighted by molar-refractivity contribution is 0.592. The van der Waals surface area contributed by atoms with Gasteiger partial charge in [0.15, 0.2) is 7.14 Å². The number of thioether (sulfide) groups is 1. The highest BCUT2D eigenvalue weighted by molar-refractivity contribution is 8.03. The van der Waals surface area contributed by atoms with Crippen LogP contribution in [-0.2, 0) is 9.98 Å². The van der Waals surface area contributed by atoms with E-state index in [1.165, 1.54) is 75.8 Å². The van der Waals surface area contributed by atoms with E-state index in [4.69, 9.17) is 0 Å². The molecule has 284 valence electrons. The molecule has 0 saturated heterocycles. The number of benzene rings is 8. The van der Waals surface area contributed by atoms with Crippen LogP contribution in [-0.4, -0.2) is 9.13 Å². The van der Waals surface area contributed by atoms with Gasteiger partial charge >= 0.3 is 0 Å². The fourth-order valence-corrected chi connectivity index (χ4v) is 14.9. The standard InChI is InChI=1S/C55H37N2OPS/c58-59(37-16-3-1-4-17-37,38-18-5-2-6-19-38)39-32-30-36(31-33-39)56-48-26-11-7-21-41(48)43-34-35-47-54(53(43)56)60-51-29-14-10-24-45(51)55(47)44-23-9-13-28-50(44)57-49-27-12-8-20-40(49)42-22-15-25-46(55)52(42)57/h1-13,15-28,30-35H,14,29H2. The third-order valence-corrected chi connectivity index (χ3v) is 17.7. The van der Waals surface area contributed by atoms with E-state index in [-0.39, 0.29) is 0 Å². The van der Waals surface area contributed by atoms with E-state index in [0.29, 0.717) is 0 Å². The minimum absolute atomic E-state index is 0.537. The summed E-state index contributed by atoms with van der Waals surface area (Å²) in [5, 5.41) is 7.53. The Morgan fingerprint density at radius 2 is 1.07 bits per heavy atom. The molecule has 0 amide bonds. The lowest BCUT2D eigenvalue weighted by Gasteiger charge is -2.46. The molecule has 1 spiro atoms. The fraction of sp³-hybridized carbons (Fsp3) is 0.0545. The first-order valence-corrected chi connectivity index (χ1v) is 23.3. The van der Waals surface area contributed by atoms with E-state index >= 15 is 4.57 Å². The topological polar surface area (TPSA) is 26.9 Å². The van der Waals surface area contributed by atoms with Gasteiger partial charge in [0.1, 0.15) is 0 Å². The van der Waals surface area contributed by atoms with Crippen molar-refractivity contribution >= 4 is 78.4 Å². The predicted molar refractivity (Wildman–Crippen MR) is 252 cm³/mol. The number of rotatable bonds is 4. The molecule has 5 heteroatoms. The zero-order valence-electron chi connectivity index (χ0n) is 32.6. The fourth-order valence-electron chi connectivity index (χ4n) is 10.9. The maximum Gasteiger partial charge on any atom is 0.171 e. The second-order valence-electron chi connectivity index (χ2n) is 16.2. The molecule has 0 bridgehead atoms. The Hall–Kier alpha value is -6.58. The first-order valence-electron chi connectivity index (χ1n) is 20.8. The van der Waals surface area contributed by atoms with Crippen LogP contribution in [0, 0.1) is 0 Å². The lowest BCUT2D eigenvalue weighted by Crippen LogP contribution is -2.38. The van der Waals surface area contributed by atoms with Gasteiger partial charge in [0.05, 0.1) is 33.2 Å². The molecule has 10 aromatic rings. The zero-order chi connectivity index (χ0) is 39.6. The monoisotopic (exact) mass is 804 g/mol. The molecular formula is C55H37N2OPS. The summed E-state index contributed by atoms with van der Waals surface area (Å²) in [6.45, 7) is 0. The third-order valence-electron chi connectivity index (χ3n) is 13.3. The number of hydrogen-bond acceptors (Lipinski definition) is 2. The predicted octanol–water partition coefficient (Wildman–Crippen LogP) is 12.9. The van der Waals surface area contributed by atoms with E-state index in [9.17, 15) is 0 Å². The number of aromatic nitrogens is 2. The molecule has 0 fully saturated rings. The summed E-state index contributed by atoms with van der Waals surface area (Å²) >= 11 is 1.97. The summed E-state index contributed by atoms with van der Waals surface area (Å²) < 4.78 is 20.4. The number of hydrogen-bond donors (Lipinski definition) is 0. The van der Waals surface area contributed by atoms with Crippen LogP contribution in [0.15, 0.2) is 216 Å². The van der Waals surface area contributed by atoms with Crippen LogP contribution in [0.2, 0.25) is 0 Å². The molecule has 4 heterocycles. The summed E-state index contributed by atoms with van der Waals surface area (Å²) in [5.41, 5.74) is 12.0. The van der Waals surface area contributed by atoms with Crippen molar-refractivity contribution in [2.45, 2.75) is 23.2 Å². The van der Waals surface area contributed by atoms with Crippen molar-refractivity contribution in [2.24, 2.45) is 0 Å². The minimum Gasteiger partial charge on any atom is -0.309 e. The van der Waals surface area contributed by atoms with Crippen molar-refractivity contribution in [3.63, 3.8) is 0 Å². The molecule has 2 aliphatic heterocycles. The van der Waals surface area contributed by atoms with Gasteiger partial charge in [-0.1, -0.05) is 170 Å². The maximum absolute atomic E-state index is 15.4. The Morgan fingerprint density at radius 3 is 1.80 bits per heavy atom. The molecule has 0 N–H and O–H groups in total. The first-order chi connectivity index (χ1) is 29.7.